The number of methoxy groups -OCH3 is 1. The lowest BCUT2D eigenvalue weighted by molar-refractivity contribution is -0.104. The summed E-state index contributed by atoms with van der Waals surface area (Å²) in [6, 6.07) is 4.30. The third-order valence-electron chi connectivity index (χ3n) is 6.99. The van der Waals surface area contributed by atoms with Crippen molar-refractivity contribution in [2.75, 3.05) is 7.11 Å². The van der Waals surface area contributed by atoms with E-state index in [4.69, 9.17) is 9.47 Å². The number of carbonyl (C=O) groups excluding carboxylic acids is 1. The van der Waals surface area contributed by atoms with Crippen LogP contribution in [0.1, 0.15) is 57.3 Å². The molecular formula is C23H32O6. The Hall–Kier alpha value is -2.05. The largest absolute Gasteiger partial charge is 0.504 e. The normalized spacial score (nSPS) is 34.3. The number of rotatable bonds is 4. The van der Waals surface area contributed by atoms with E-state index in [1.165, 1.54) is 25.3 Å². The van der Waals surface area contributed by atoms with Gasteiger partial charge in [-0.05, 0) is 67.4 Å². The predicted molar refractivity (Wildman–Crippen MR) is 109 cm³/mol. The van der Waals surface area contributed by atoms with Crippen molar-refractivity contribution in [1.82, 2.24) is 0 Å². The Bertz CT molecular complexity index is 816. The van der Waals surface area contributed by atoms with E-state index < -0.39 is 23.8 Å². The van der Waals surface area contributed by atoms with Crippen molar-refractivity contribution in [2.24, 2.45) is 17.3 Å². The molecule has 2 aliphatic carbocycles. The molecule has 0 spiro atoms. The van der Waals surface area contributed by atoms with Gasteiger partial charge in [0.15, 0.2) is 11.5 Å². The lowest BCUT2D eigenvalue weighted by Crippen LogP contribution is -2.50. The summed E-state index contributed by atoms with van der Waals surface area (Å²) in [7, 11) is 1.41. The number of hydrogen-bond donors (Lipinski definition) is 3. The molecule has 0 amide bonds. The number of aliphatic hydroxyl groups excluding tert-OH is 1. The van der Waals surface area contributed by atoms with Crippen LogP contribution in [0.25, 0.3) is 0 Å². The smallest absolute Gasteiger partial charge is 0.338 e. The van der Waals surface area contributed by atoms with Crippen LogP contribution in [0, 0.1) is 17.3 Å². The fourth-order valence-corrected chi connectivity index (χ4v) is 5.13. The van der Waals surface area contributed by atoms with Gasteiger partial charge in [-0.25, -0.2) is 4.79 Å². The molecule has 29 heavy (non-hydrogen) atoms. The maximum atomic E-state index is 12.9. The summed E-state index contributed by atoms with van der Waals surface area (Å²) in [6.07, 6.45) is 2.37. The summed E-state index contributed by atoms with van der Waals surface area (Å²) in [5.41, 5.74) is -0.353. The Balaban J connectivity index is 1.99. The summed E-state index contributed by atoms with van der Waals surface area (Å²) < 4.78 is 11.0. The number of phenolic OH excluding ortho intramolecular Hbond substituents is 1. The van der Waals surface area contributed by atoms with Crippen LogP contribution in [0.5, 0.6) is 11.5 Å². The van der Waals surface area contributed by atoms with Crippen LogP contribution < -0.4 is 4.74 Å². The minimum Gasteiger partial charge on any atom is -0.504 e. The molecule has 5 atom stereocenters. The highest BCUT2D eigenvalue weighted by atomic mass is 16.5. The minimum atomic E-state index is -0.993. The van der Waals surface area contributed by atoms with Crippen LogP contribution in [0.2, 0.25) is 0 Å². The molecule has 6 heteroatoms. The molecule has 2 aliphatic rings. The first-order valence-electron chi connectivity index (χ1n) is 10.2. The zero-order valence-electron chi connectivity index (χ0n) is 17.8. The Morgan fingerprint density at radius 3 is 2.59 bits per heavy atom. The van der Waals surface area contributed by atoms with Crippen molar-refractivity contribution in [3.8, 4) is 11.5 Å². The highest BCUT2D eigenvalue weighted by Gasteiger charge is 2.60. The van der Waals surface area contributed by atoms with Crippen LogP contribution >= 0.6 is 0 Å². The van der Waals surface area contributed by atoms with Crippen molar-refractivity contribution < 1.29 is 29.6 Å². The van der Waals surface area contributed by atoms with Crippen LogP contribution in [-0.2, 0) is 4.74 Å². The molecule has 0 aliphatic heterocycles. The van der Waals surface area contributed by atoms with Crippen molar-refractivity contribution in [1.29, 1.82) is 0 Å². The molecule has 3 N–H and O–H groups in total. The van der Waals surface area contributed by atoms with Gasteiger partial charge < -0.3 is 24.8 Å². The van der Waals surface area contributed by atoms with Gasteiger partial charge in [0.1, 0.15) is 6.10 Å². The molecule has 1 saturated carbocycles. The molecule has 0 radical (unpaired) electrons. The van der Waals surface area contributed by atoms with E-state index in [1.54, 1.807) is 6.08 Å². The average Bonchev–Trinajstić information content (AvgIpc) is 2.88. The Kier molecular flexibility index (Phi) is 5.71. The lowest BCUT2D eigenvalue weighted by atomic mass is 9.67. The molecule has 0 heterocycles. The molecular weight excluding hydrogens is 372 g/mol. The molecule has 0 saturated heterocycles. The van der Waals surface area contributed by atoms with Gasteiger partial charge in [0.2, 0.25) is 0 Å². The Morgan fingerprint density at radius 1 is 1.28 bits per heavy atom. The molecule has 1 aromatic rings. The predicted octanol–water partition coefficient (Wildman–Crippen LogP) is 3.44. The fraction of sp³-hybridized carbons (Fsp3) is 0.609. The molecule has 0 unspecified atom stereocenters. The number of phenols is 1. The molecule has 0 bridgehead atoms. The summed E-state index contributed by atoms with van der Waals surface area (Å²) in [5, 5.41) is 31.9. The number of aliphatic hydroxyl groups is 2. The number of esters is 1. The minimum absolute atomic E-state index is 0.0201. The molecule has 3 rings (SSSR count). The SMILES string of the molecule is COc1cc(C(=O)O[C@H]2C=C(C)[C@H](O)C[C@@]3(C)CC[C@@](O)(C(C)C)[C@H]23)ccc1O. The molecule has 1 fully saturated rings. The first-order chi connectivity index (χ1) is 13.5. The quantitative estimate of drug-likeness (QED) is 0.525. The van der Waals surface area contributed by atoms with Gasteiger partial charge in [-0.3, -0.25) is 0 Å². The average molecular weight is 405 g/mol. The number of carbonyl (C=O) groups is 1. The maximum Gasteiger partial charge on any atom is 0.338 e. The van der Waals surface area contributed by atoms with E-state index in [2.05, 4.69) is 6.92 Å². The number of aromatic hydroxyl groups is 1. The Labute approximate surface area is 172 Å². The number of ether oxygens (including phenoxy) is 2. The maximum absolute atomic E-state index is 12.9. The van der Waals surface area contributed by atoms with Gasteiger partial charge >= 0.3 is 5.97 Å². The second kappa shape index (κ2) is 7.65. The van der Waals surface area contributed by atoms with E-state index in [-0.39, 0.29) is 34.3 Å². The van der Waals surface area contributed by atoms with Crippen LogP contribution in [0.15, 0.2) is 29.8 Å². The van der Waals surface area contributed by atoms with Crippen LogP contribution in [0.3, 0.4) is 0 Å². The monoisotopic (exact) mass is 404 g/mol. The zero-order valence-corrected chi connectivity index (χ0v) is 17.8. The number of fused-ring (bicyclic) bond motifs is 1. The van der Waals surface area contributed by atoms with E-state index in [0.717, 1.165) is 12.0 Å². The van der Waals surface area contributed by atoms with E-state index in [1.807, 2.05) is 20.8 Å². The number of benzene rings is 1. The fourth-order valence-electron chi connectivity index (χ4n) is 5.13. The summed E-state index contributed by atoms with van der Waals surface area (Å²) >= 11 is 0. The second-order valence-electron chi connectivity index (χ2n) is 9.16. The molecule has 160 valence electrons. The lowest BCUT2D eigenvalue weighted by Gasteiger charge is -2.43. The van der Waals surface area contributed by atoms with Gasteiger partial charge in [-0.15, -0.1) is 0 Å². The van der Waals surface area contributed by atoms with Crippen molar-refractivity contribution in [3.05, 3.63) is 35.4 Å². The summed E-state index contributed by atoms with van der Waals surface area (Å²) in [6.45, 7) is 7.85. The molecule has 6 nitrogen and oxygen atoms in total. The molecule has 0 aromatic heterocycles. The third-order valence-corrected chi connectivity index (χ3v) is 6.99. The van der Waals surface area contributed by atoms with Gasteiger partial charge in [0.25, 0.3) is 0 Å². The van der Waals surface area contributed by atoms with Gasteiger partial charge in [-0.1, -0.05) is 20.8 Å². The van der Waals surface area contributed by atoms with E-state index in [9.17, 15) is 20.1 Å². The first-order valence-corrected chi connectivity index (χ1v) is 10.2. The number of hydrogen-bond acceptors (Lipinski definition) is 6. The van der Waals surface area contributed by atoms with Crippen molar-refractivity contribution in [3.63, 3.8) is 0 Å². The van der Waals surface area contributed by atoms with Crippen molar-refractivity contribution in [2.45, 2.75) is 64.8 Å². The third kappa shape index (κ3) is 3.76. The van der Waals surface area contributed by atoms with Crippen LogP contribution in [0.4, 0.5) is 0 Å². The van der Waals surface area contributed by atoms with E-state index in [0.29, 0.717) is 12.8 Å². The highest BCUT2D eigenvalue weighted by molar-refractivity contribution is 5.90. The van der Waals surface area contributed by atoms with Crippen LogP contribution in [-0.4, -0.2) is 46.2 Å². The topological polar surface area (TPSA) is 96.2 Å². The summed E-state index contributed by atoms with van der Waals surface area (Å²) in [5.74, 6) is -0.783. The zero-order chi connectivity index (χ0) is 21.6. The summed E-state index contributed by atoms with van der Waals surface area (Å²) in [4.78, 5) is 12.9. The van der Waals surface area contributed by atoms with Crippen molar-refractivity contribution >= 4 is 5.97 Å². The second-order valence-corrected chi connectivity index (χ2v) is 9.16. The van der Waals surface area contributed by atoms with Gasteiger partial charge in [0.05, 0.1) is 24.4 Å². The van der Waals surface area contributed by atoms with Gasteiger partial charge in [-0.2, -0.15) is 0 Å². The molecule has 1 aromatic carbocycles. The van der Waals surface area contributed by atoms with Gasteiger partial charge in [0, 0.05) is 5.92 Å². The first kappa shape index (κ1) is 21.7. The highest BCUT2D eigenvalue weighted by Crippen LogP contribution is 2.58. The standard InChI is InChI=1S/C23H32O6/c1-13(2)23(27)9-8-22(4)12-17(25)14(3)10-19(20(22)23)29-21(26)15-6-7-16(24)18(11-15)28-5/h6-7,10-11,13,17,19-20,24-25,27H,8-9,12H2,1-5H3/t17-,19+,20-,22-,23-/m1/s1. The Morgan fingerprint density at radius 2 is 1.97 bits per heavy atom. The van der Waals surface area contributed by atoms with E-state index >= 15 is 0 Å².